The summed E-state index contributed by atoms with van der Waals surface area (Å²) < 4.78 is 29.8. The maximum atomic E-state index is 13.8. The number of fused-ring (bicyclic) bond motifs is 1. The molecular weight excluding hydrogens is 489 g/mol. The summed E-state index contributed by atoms with van der Waals surface area (Å²) in [5.74, 6) is -3.36. The molecule has 0 bridgehead atoms. The Labute approximate surface area is 173 Å². The number of hydrogen-bond donors (Lipinski definition) is 1. The Kier molecular flexibility index (Phi) is 5.20. The number of rotatable bonds is 4. The molecule has 1 aromatic heterocycles. The highest BCUT2D eigenvalue weighted by Crippen LogP contribution is 2.33. The molecule has 1 N–H and O–H groups in total. The van der Waals surface area contributed by atoms with E-state index in [1.807, 2.05) is 22.6 Å². The molecule has 0 saturated heterocycles. The van der Waals surface area contributed by atoms with Gasteiger partial charge in [0.25, 0.3) is 5.92 Å². The molecule has 0 aliphatic carbocycles. The molecular formula is C19H16ClF2IN2O2. The van der Waals surface area contributed by atoms with Crippen molar-refractivity contribution in [2.45, 2.75) is 26.2 Å². The van der Waals surface area contributed by atoms with E-state index < -0.39 is 11.9 Å². The highest BCUT2D eigenvalue weighted by atomic mass is 127. The molecule has 0 amide bonds. The van der Waals surface area contributed by atoms with E-state index in [-0.39, 0.29) is 11.1 Å². The van der Waals surface area contributed by atoms with Crippen molar-refractivity contribution in [2.75, 3.05) is 0 Å². The topological polar surface area (TPSA) is 55.1 Å². The highest BCUT2D eigenvalue weighted by molar-refractivity contribution is 14.1. The number of hydrogen-bond acceptors (Lipinski definition) is 2. The first-order valence-electron chi connectivity index (χ1n) is 8.05. The minimum Gasteiger partial charge on any atom is -0.478 e. The normalized spacial score (nSPS) is 12.0. The van der Waals surface area contributed by atoms with Crippen LogP contribution in [0.15, 0.2) is 24.3 Å². The fourth-order valence-electron chi connectivity index (χ4n) is 3.00. The second kappa shape index (κ2) is 7.01. The number of aromatic carboxylic acids is 1. The Morgan fingerprint density at radius 2 is 2.04 bits per heavy atom. The fraction of sp³-hybridized carbons (Fsp3) is 0.263. The molecule has 0 atom stereocenters. The maximum absolute atomic E-state index is 13.8. The minimum atomic E-state index is -2.95. The van der Waals surface area contributed by atoms with E-state index in [9.17, 15) is 18.7 Å². The smallest absolute Gasteiger partial charge is 0.336 e. The summed E-state index contributed by atoms with van der Waals surface area (Å²) in [7, 11) is 1.75. The number of benzene rings is 2. The van der Waals surface area contributed by atoms with E-state index in [4.69, 9.17) is 11.6 Å². The van der Waals surface area contributed by atoms with Crippen LogP contribution in [0.3, 0.4) is 0 Å². The van der Waals surface area contributed by atoms with Crippen LogP contribution in [0.25, 0.3) is 11.0 Å². The van der Waals surface area contributed by atoms with Crippen LogP contribution >= 0.6 is 34.2 Å². The van der Waals surface area contributed by atoms with Gasteiger partial charge in [-0.3, -0.25) is 0 Å². The molecule has 27 heavy (non-hydrogen) atoms. The summed E-state index contributed by atoms with van der Waals surface area (Å²) >= 11 is 8.25. The van der Waals surface area contributed by atoms with Crippen LogP contribution < -0.4 is 0 Å². The van der Waals surface area contributed by atoms with Gasteiger partial charge in [0.05, 0.1) is 16.6 Å². The van der Waals surface area contributed by atoms with E-state index in [0.717, 1.165) is 6.92 Å². The number of carboxylic acid groups (broad SMARTS) is 1. The lowest BCUT2D eigenvalue weighted by Crippen LogP contribution is -2.08. The summed E-state index contributed by atoms with van der Waals surface area (Å²) in [6.07, 6.45) is 0.292. The van der Waals surface area contributed by atoms with Crippen molar-refractivity contribution in [3.63, 3.8) is 0 Å². The average Bonchev–Trinajstić information content (AvgIpc) is 2.87. The van der Waals surface area contributed by atoms with Gasteiger partial charge in [-0.15, -0.1) is 0 Å². The third-order valence-electron chi connectivity index (χ3n) is 4.53. The number of halogens is 4. The van der Waals surface area contributed by atoms with Gasteiger partial charge in [-0.25, -0.2) is 18.6 Å². The Bertz CT molecular complexity index is 1070. The molecule has 3 rings (SSSR count). The monoisotopic (exact) mass is 504 g/mol. The summed E-state index contributed by atoms with van der Waals surface area (Å²) in [5.41, 5.74) is 2.64. The average molecular weight is 505 g/mol. The molecule has 1 heterocycles. The highest BCUT2D eigenvalue weighted by Gasteiger charge is 2.26. The molecule has 0 unspecified atom stereocenters. The van der Waals surface area contributed by atoms with Crippen molar-refractivity contribution in [1.29, 1.82) is 0 Å². The van der Waals surface area contributed by atoms with E-state index >= 15 is 0 Å². The van der Waals surface area contributed by atoms with Crippen molar-refractivity contribution in [1.82, 2.24) is 9.55 Å². The Hall–Kier alpha value is -1.74. The molecule has 0 spiro atoms. The van der Waals surface area contributed by atoms with Gasteiger partial charge in [-0.05, 0) is 64.9 Å². The Balaban J connectivity index is 2.15. The number of nitrogens with zero attached hydrogens (tertiary/aromatic N) is 2. The first kappa shape index (κ1) is 20.0. The number of aryl methyl sites for hydroxylation is 2. The molecule has 0 fully saturated rings. The lowest BCUT2D eigenvalue weighted by atomic mass is 10.1. The second-order valence-corrected chi connectivity index (χ2v) is 7.99. The third-order valence-corrected chi connectivity index (χ3v) is 6.11. The van der Waals surface area contributed by atoms with Crippen LogP contribution in [0, 0.1) is 10.5 Å². The number of imidazole rings is 1. The van der Waals surface area contributed by atoms with Crippen molar-refractivity contribution < 1.29 is 18.7 Å². The van der Waals surface area contributed by atoms with Gasteiger partial charge >= 0.3 is 5.97 Å². The van der Waals surface area contributed by atoms with E-state index in [1.165, 1.54) is 18.2 Å². The van der Waals surface area contributed by atoms with Gasteiger partial charge in [0.1, 0.15) is 5.82 Å². The molecule has 4 nitrogen and oxygen atoms in total. The van der Waals surface area contributed by atoms with Gasteiger partial charge in [0.15, 0.2) is 0 Å². The van der Waals surface area contributed by atoms with Crippen LogP contribution in [0.2, 0.25) is 5.02 Å². The molecule has 142 valence electrons. The summed E-state index contributed by atoms with van der Waals surface area (Å²) in [6, 6.07) is 5.90. The molecule has 8 heteroatoms. The second-order valence-electron chi connectivity index (χ2n) is 6.51. The van der Waals surface area contributed by atoms with Gasteiger partial charge in [-0.2, -0.15) is 0 Å². The molecule has 0 radical (unpaired) electrons. The zero-order valence-corrected chi connectivity index (χ0v) is 17.7. The lowest BCUT2D eigenvalue weighted by Gasteiger charge is -2.12. The summed E-state index contributed by atoms with van der Waals surface area (Å²) in [6.45, 7) is 2.61. The number of carboxylic acids is 1. The SMILES string of the molecule is Cc1cc(C(C)(F)F)cc2c1nc(Cc1c(Cl)ccc(C(=O)O)c1I)n2C. The summed E-state index contributed by atoms with van der Waals surface area (Å²) in [5, 5.41) is 9.76. The molecule has 2 aromatic carbocycles. The Morgan fingerprint density at radius 3 is 2.63 bits per heavy atom. The van der Waals surface area contributed by atoms with Gasteiger partial charge in [-0.1, -0.05) is 11.6 Å². The number of carbonyl (C=O) groups is 1. The van der Waals surface area contributed by atoms with Gasteiger partial charge < -0.3 is 9.67 Å². The lowest BCUT2D eigenvalue weighted by molar-refractivity contribution is 0.0175. The van der Waals surface area contributed by atoms with E-state index in [2.05, 4.69) is 4.98 Å². The van der Waals surface area contributed by atoms with Crippen molar-refractivity contribution in [3.8, 4) is 0 Å². The zero-order chi connectivity index (χ0) is 20.1. The zero-order valence-electron chi connectivity index (χ0n) is 14.8. The molecule has 0 saturated carbocycles. The number of alkyl halides is 2. The van der Waals surface area contributed by atoms with Crippen LogP contribution in [-0.2, 0) is 19.4 Å². The number of aromatic nitrogens is 2. The predicted molar refractivity (Wildman–Crippen MR) is 109 cm³/mol. The Morgan fingerprint density at radius 1 is 1.37 bits per heavy atom. The largest absolute Gasteiger partial charge is 0.478 e. The van der Waals surface area contributed by atoms with Crippen LogP contribution in [0.4, 0.5) is 8.78 Å². The van der Waals surface area contributed by atoms with Crippen molar-refractivity contribution in [2.24, 2.45) is 7.05 Å². The maximum Gasteiger partial charge on any atom is 0.336 e. The molecule has 0 aliphatic heterocycles. The molecule has 0 aliphatic rings. The van der Waals surface area contributed by atoms with Crippen molar-refractivity contribution in [3.05, 3.63) is 60.9 Å². The van der Waals surface area contributed by atoms with Gasteiger partial charge in [0.2, 0.25) is 0 Å². The quantitative estimate of drug-likeness (QED) is 0.475. The van der Waals surface area contributed by atoms with E-state index in [0.29, 0.717) is 43.0 Å². The van der Waals surface area contributed by atoms with E-state index in [1.54, 1.807) is 24.6 Å². The van der Waals surface area contributed by atoms with Crippen LogP contribution in [-0.4, -0.2) is 20.6 Å². The standard InChI is InChI=1S/C19H16ClF2IN2O2/c1-9-6-10(19(2,21)22)7-14-17(9)24-15(25(14)3)8-12-13(20)5-4-11(16(12)23)18(26)27/h4-7H,8H2,1-3H3,(H,26,27). The predicted octanol–water partition coefficient (Wildman–Crippen LogP) is 5.54. The first-order chi connectivity index (χ1) is 12.5. The minimum absolute atomic E-state index is 0.0671. The van der Waals surface area contributed by atoms with Crippen molar-refractivity contribution >= 4 is 51.2 Å². The van der Waals surface area contributed by atoms with Crippen LogP contribution in [0.1, 0.15) is 39.8 Å². The van der Waals surface area contributed by atoms with Gasteiger partial charge in [0, 0.05) is 34.5 Å². The fourth-order valence-corrected chi connectivity index (χ4v) is 4.28. The summed E-state index contributed by atoms with van der Waals surface area (Å²) in [4.78, 5) is 16.0. The third kappa shape index (κ3) is 3.67. The molecule has 3 aromatic rings. The van der Waals surface area contributed by atoms with Crippen LogP contribution in [0.5, 0.6) is 0 Å². The first-order valence-corrected chi connectivity index (χ1v) is 9.50.